The van der Waals surface area contributed by atoms with E-state index in [0.717, 1.165) is 43.5 Å². The van der Waals surface area contributed by atoms with Crippen LogP contribution in [0.4, 0.5) is 27.5 Å². The summed E-state index contributed by atoms with van der Waals surface area (Å²) in [5.41, 5.74) is 3.41. The smallest absolute Gasteiger partial charge is 0.323 e. The van der Waals surface area contributed by atoms with Crippen LogP contribution in [0.2, 0.25) is 0 Å². The fraction of sp³-hybridized carbons (Fsp3) is 0.0263. The van der Waals surface area contributed by atoms with E-state index in [2.05, 4.69) is 31.7 Å². The first-order chi connectivity index (χ1) is 29.9. The van der Waals surface area contributed by atoms with E-state index < -0.39 is 84.2 Å². The largest absolute Gasteiger partial charge is 0.494 e. The number of allylic oxidation sites excluding steroid dienone is 2. The molecule has 0 saturated heterocycles. The van der Waals surface area contributed by atoms with Gasteiger partial charge in [-0.1, -0.05) is 12.1 Å². The highest BCUT2D eigenvalue weighted by atomic mass is 32.2. The van der Waals surface area contributed by atoms with Crippen LogP contribution in [0.5, 0.6) is 5.75 Å². The van der Waals surface area contributed by atoms with Crippen LogP contribution in [0.25, 0.3) is 22.9 Å². The number of methoxy groups -OCH3 is 1. The van der Waals surface area contributed by atoms with Crippen molar-refractivity contribution in [1.82, 2.24) is 0 Å². The fourth-order valence-corrected chi connectivity index (χ4v) is 8.67. The Hall–Kier alpha value is -7.17. The molecule has 8 N–H and O–H groups in total. The van der Waals surface area contributed by atoms with Gasteiger partial charge in [0.25, 0.3) is 40.5 Å². The minimum atomic E-state index is -5.12. The molecular formula is C38H28N6O16S4. The fourth-order valence-electron chi connectivity index (χ4n) is 6.34. The van der Waals surface area contributed by atoms with Gasteiger partial charge in [-0.15, -0.1) is 0 Å². The van der Waals surface area contributed by atoms with Crippen LogP contribution in [-0.2, 0) is 40.5 Å². The maximum absolute atomic E-state index is 13.5. The second-order valence-electron chi connectivity index (χ2n) is 13.5. The number of ketones is 2. The molecule has 0 radical (unpaired) electrons. The van der Waals surface area contributed by atoms with Crippen molar-refractivity contribution in [2.24, 2.45) is 10.2 Å². The number of nitrogens with zero attached hydrogens (tertiary/aromatic N) is 2. The van der Waals surface area contributed by atoms with Crippen molar-refractivity contribution in [3.63, 3.8) is 0 Å². The summed E-state index contributed by atoms with van der Waals surface area (Å²) < 4.78 is 140. The Morgan fingerprint density at radius 3 is 1.48 bits per heavy atom. The van der Waals surface area contributed by atoms with Crippen molar-refractivity contribution in [3.8, 4) is 5.75 Å². The van der Waals surface area contributed by atoms with Crippen LogP contribution in [-0.4, -0.2) is 88.0 Å². The Kier molecular flexibility index (Phi) is 11.6. The summed E-state index contributed by atoms with van der Waals surface area (Å²) in [5, 5.41) is 13.6. The first kappa shape index (κ1) is 44.9. The zero-order valence-electron chi connectivity index (χ0n) is 32.0. The molecule has 0 aliphatic heterocycles. The average molecular weight is 953 g/mol. The number of rotatable bonds is 11. The lowest BCUT2D eigenvalue weighted by atomic mass is 9.94. The van der Waals surface area contributed by atoms with Gasteiger partial charge in [0.2, 0.25) is 11.6 Å². The highest BCUT2D eigenvalue weighted by molar-refractivity contribution is 7.91. The number of Topliss-reactive ketones (excluding diaryl/α,β-unsaturated/α-hetero) is 2. The standard InChI is InChI=1S/C38H28N6O16S4/c1-60-31-18-27(62(51,52)53)8-11-30(31)42-44-35-33(64(57,58)59)17-22-14-24(6-10-29(22)37(35)46)40-38(47)39-23-5-9-28-21(13-23)16-32(63(54,55)56)34(36(28)45)43-41-25-4-2-20-15-26(61(48,49)50)7-3-19(20)12-25/h2-18,41-42H,1H3,(H2,39,40,47)(H,48,49,50)(H,51,52,53)(H,54,55,56)(H,57,58,59)/b43-34-,44-35+. The molecule has 2 aliphatic carbocycles. The van der Waals surface area contributed by atoms with Gasteiger partial charge in [-0.05, 0) is 107 Å². The summed E-state index contributed by atoms with van der Waals surface area (Å²) in [6.45, 7) is 0. The van der Waals surface area contributed by atoms with E-state index in [9.17, 15) is 66.3 Å². The zero-order valence-corrected chi connectivity index (χ0v) is 35.3. The number of ether oxygens (including phenoxy) is 1. The number of hydrogen-bond acceptors (Lipinski definition) is 16. The summed E-state index contributed by atoms with van der Waals surface area (Å²) >= 11 is 0. The lowest BCUT2D eigenvalue weighted by Gasteiger charge is -2.18. The molecule has 0 saturated carbocycles. The number of nitrogens with one attached hydrogen (secondary N) is 4. The van der Waals surface area contributed by atoms with Gasteiger partial charge < -0.3 is 15.4 Å². The molecule has 0 bridgehead atoms. The van der Waals surface area contributed by atoms with E-state index in [-0.39, 0.29) is 55.6 Å². The van der Waals surface area contributed by atoms with Gasteiger partial charge in [0.1, 0.15) is 15.6 Å². The topological polar surface area (TPSA) is 351 Å². The third-order valence-corrected chi connectivity index (χ3v) is 12.7. The molecule has 26 heteroatoms. The molecule has 7 rings (SSSR count). The van der Waals surface area contributed by atoms with Crippen molar-refractivity contribution in [1.29, 1.82) is 0 Å². The van der Waals surface area contributed by atoms with Gasteiger partial charge in [0.05, 0.1) is 28.3 Å². The molecular weight excluding hydrogens is 925 g/mol. The molecule has 0 spiro atoms. The van der Waals surface area contributed by atoms with Gasteiger partial charge >= 0.3 is 6.03 Å². The Bertz CT molecular complexity index is 3490. The summed E-state index contributed by atoms with van der Waals surface area (Å²) in [7, 11) is -18.1. The van der Waals surface area contributed by atoms with Crippen molar-refractivity contribution >= 4 is 115 Å². The van der Waals surface area contributed by atoms with E-state index in [1.807, 2.05) is 0 Å². The highest BCUT2D eigenvalue weighted by Gasteiger charge is 2.35. The molecule has 5 aromatic rings. The lowest BCUT2D eigenvalue weighted by molar-refractivity contribution is 0.105. The molecule has 0 fully saturated rings. The third kappa shape index (κ3) is 9.43. The first-order valence-corrected chi connectivity index (χ1v) is 23.4. The molecule has 5 aromatic carbocycles. The van der Waals surface area contributed by atoms with E-state index in [4.69, 9.17) is 4.74 Å². The first-order valence-electron chi connectivity index (χ1n) is 17.6. The SMILES string of the molecule is COc1cc(S(=O)(=O)O)ccc1N/N=C1/C(=O)c2ccc(NC(=O)Nc3ccc4c(c3)C=C(S(=O)(=O)O)/C(=N/Nc3ccc5cc(S(=O)(=O)O)ccc5c3)C4=O)cc2C=C1S(=O)(=O)O. The monoisotopic (exact) mass is 952 g/mol. The van der Waals surface area contributed by atoms with Crippen molar-refractivity contribution in [2.45, 2.75) is 9.79 Å². The Balaban J connectivity index is 1.09. The van der Waals surface area contributed by atoms with Crippen LogP contribution >= 0.6 is 0 Å². The number of hydrazone groups is 2. The van der Waals surface area contributed by atoms with E-state index in [1.54, 1.807) is 0 Å². The van der Waals surface area contributed by atoms with Gasteiger partial charge in [0.15, 0.2) is 11.4 Å². The van der Waals surface area contributed by atoms with E-state index in [1.165, 1.54) is 66.7 Å². The summed E-state index contributed by atoms with van der Waals surface area (Å²) in [5.74, 6) is -2.08. The molecule has 0 unspecified atom stereocenters. The number of hydrogen-bond donors (Lipinski definition) is 8. The van der Waals surface area contributed by atoms with Gasteiger partial charge in [-0.25, -0.2) is 4.79 Å². The molecule has 0 aromatic heterocycles. The second kappa shape index (κ2) is 16.5. The number of carbonyl (C=O) groups is 3. The Labute approximate surface area is 362 Å². The van der Waals surface area contributed by atoms with Crippen molar-refractivity contribution in [2.75, 3.05) is 28.6 Å². The van der Waals surface area contributed by atoms with E-state index >= 15 is 0 Å². The summed E-state index contributed by atoms with van der Waals surface area (Å²) in [6, 6.07) is 17.8. The number of urea groups is 1. The van der Waals surface area contributed by atoms with Crippen LogP contribution < -0.4 is 26.2 Å². The summed E-state index contributed by atoms with van der Waals surface area (Å²) in [6.07, 6.45) is 1.86. The maximum atomic E-state index is 13.5. The molecule has 330 valence electrons. The van der Waals surface area contributed by atoms with Crippen LogP contribution in [0.15, 0.2) is 121 Å². The number of anilines is 4. The Morgan fingerprint density at radius 1 is 0.531 bits per heavy atom. The molecule has 22 nitrogen and oxygen atoms in total. The Morgan fingerprint density at radius 2 is 0.984 bits per heavy atom. The molecule has 64 heavy (non-hydrogen) atoms. The molecule has 0 heterocycles. The summed E-state index contributed by atoms with van der Waals surface area (Å²) in [4.78, 5) is 37.4. The minimum absolute atomic E-state index is 0.0153. The van der Waals surface area contributed by atoms with Crippen LogP contribution in [0.3, 0.4) is 0 Å². The number of fused-ring (bicyclic) bond motifs is 3. The maximum Gasteiger partial charge on any atom is 0.323 e. The molecule has 0 atom stereocenters. The quantitative estimate of drug-likeness (QED) is 0.0652. The van der Waals surface area contributed by atoms with Gasteiger partial charge in [-0.3, -0.25) is 38.7 Å². The van der Waals surface area contributed by atoms with Gasteiger partial charge in [-0.2, -0.15) is 43.9 Å². The lowest BCUT2D eigenvalue weighted by Crippen LogP contribution is -2.27. The van der Waals surface area contributed by atoms with Crippen LogP contribution in [0.1, 0.15) is 31.8 Å². The predicted octanol–water partition coefficient (Wildman–Crippen LogP) is 4.77. The molecule has 2 amide bonds. The van der Waals surface area contributed by atoms with Crippen molar-refractivity contribution in [3.05, 3.63) is 123 Å². The zero-order chi connectivity index (χ0) is 46.5. The molecule has 2 aliphatic rings. The number of amides is 2. The minimum Gasteiger partial charge on any atom is -0.494 e. The number of benzene rings is 5. The third-order valence-electron chi connectivity index (χ3n) is 9.30. The normalized spacial score (nSPS) is 15.5. The second-order valence-corrected chi connectivity index (χ2v) is 19.1. The predicted molar refractivity (Wildman–Crippen MR) is 232 cm³/mol. The number of carbonyl (C=O) groups excluding carboxylic acids is 3. The highest BCUT2D eigenvalue weighted by Crippen LogP contribution is 2.32. The van der Waals surface area contributed by atoms with Gasteiger partial charge in [0, 0.05) is 28.6 Å². The van der Waals surface area contributed by atoms with E-state index in [0.29, 0.717) is 10.8 Å². The average Bonchev–Trinajstić information content (AvgIpc) is 3.21. The van der Waals surface area contributed by atoms with Crippen molar-refractivity contribution < 1.29 is 71.0 Å². The van der Waals surface area contributed by atoms with Crippen LogP contribution in [0, 0.1) is 0 Å².